The molecule has 1 heterocycles. The van der Waals surface area contributed by atoms with Gasteiger partial charge in [-0.3, -0.25) is 0 Å². The van der Waals surface area contributed by atoms with Crippen LogP contribution in [0.4, 0.5) is 4.79 Å². The average molecular weight is 318 g/mol. The van der Waals surface area contributed by atoms with Gasteiger partial charge in [-0.15, -0.1) is 0 Å². The van der Waals surface area contributed by atoms with Gasteiger partial charge in [0.25, 0.3) is 0 Å². The normalized spacial score (nSPS) is 21.7. The van der Waals surface area contributed by atoms with E-state index in [1.165, 1.54) is 24.7 Å². The number of methoxy groups -OCH3 is 2. The number of aryl methyl sites for hydroxylation is 1. The second-order valence-electron chi connectivity index (χ2n) is 6.47. The number of amides is 1. The van der Waals surface area contributed by atoms with Crippen LogP contribution in [-0.2, 0) is 17.6 Å². The second kappa shape index (κ2) is 7.21. The Hall–Kier alpha value is -1.75. The molecular weight excluding hydrogens is 292 g/mol. The summed E-state index contributed by atoms with van der Waals surface area (Å²) in [5, 5.41) is 3.79. The molecule has 0 saturated carbocycles. The highest BCUT2D eigenvalue weighted by atomic mass is 16.5. The van der Waals surface area contributed by atoms with Crippen molar-refractivity contribution in [3.63, 3.8) is 0 Å². The van der Waals surface area contributed by atoms with Crippen LogP contribution >= 0.6 is 0 Å². The topological polar surface area (TPSA) is 50.8 Å². The third-order valence-corrected chi connectivity index (χ3v) is 5.04. The molecule has 1 saturated heterocycles. The fourth-order valence-electron chi connectivity index (χ4n) is 3.69. The second-order valence-corrected chi connectivity index (χ2v) is 6.47. The first-order valence-corrected chi connectivity index (χ1v) is 8.44. The van der Waals surface area contributed by atoms with Gasteiger partial charge in [0.05, 0.1) is 14.2 Å². The van der Waals surface area contributed by atoms with Crippen molar-refractivity contribution in [2.24, 2.45) is 0 Å². The average Bonchev–Trinajstić information content (AvgIpc) is 2.61. The van der Waals surface area contributed by atoms with E-state index in [0.717, 1.165) is 44.5 Å². The Morgan fingerprint density at radius 3 is 2.61 bits per heavy atom. The molecule has 5 heteroatoms. The van der Waals surface area contributed by atoms with Crippen LogP contribution in [0.5, 0.6) is 5.75 Å². The molecule has 1 aromatic rings. The van der Waals surface area contributed by atoms with Gasteiger partial charge >= 0.3 is 6.09 Å². The molecule has 2 aliphatic rings. The molecule has 1 amide bonds. The largest absolute Gasteiger partial charge is 0.497 e. The molecule has 1 aromatic carbocycles. The van der Waals surface area contributed by atoms with Crippen molar-refractivity contribution >= 4 is 6.09 Å². The Bertz CT molecular complexity index is 553. The van der Waals surface area contributed by atoms with Crippen molar-refractivity contribution in [3.8, 4) is 5.75 Å². The maximum Gasteiger partial charge on any atom is 0.409 e. The van der Waals surface area contributed by atoms with Gasteiger partial charge in [0.2, 0.25) is 0 Å². The number of hydrogen-bond acceptors (Lipinski definition) is 4. The Balaban J connectivity index is 1.53. The summed E-state index contributed by atoms with van der Waals surface area (Å²) in [6.45, 7) is 1.56. The van der Waals surface area contributed by atoms with Gasteiger partial charge in [-0.1, -0.05) is 6.07 Å². The fraction of sp³-hybridized carbons (Fsp3) is 0.611. The van der Waals surface area contributed by atoms with Crippen LogP contribution in [0, 0.1) is 0 Å². The summed E-state index contributed by atoms with van der Waals surface area (Å²) >= 11 is 0. The summed E-state index contributed by atoms with van der Waals surface area (Å²) in [6, 6.07) is 7.43. The maximum atomic E-state index is 11.5. The van der Waals surface area contributed by atoms with Crippen molar-refractivity contribution in [1.82, 2.24) is 10.2 Å². The number of benzene rings is 1. The Morgan fingerprint density at radius 2 is 1.91 bits per heavy atom. The minimum Gasteiger partial charge on any atom is -0.497 e. The van der Waals surface area contributed by atoms with Crippen LogP contribution in [0.15, 0.2) is 18.2 Å². The minimum atomic E-state index is -0.206. The standard InChI is InChI=1S/C18H26N2O3/c1-22-17-6-4-13-3-5-16(11-14(13)12-17)19-15-7-9-20(10-8-15)18(21)23-2/h4,6,12,15-16,19H,3,5,7-11H2,1-2H3/t16-/m1/s1. The van der Waals surface area contributed by atoms with E-state index in [1.54, 1.807) is 12.0 Å². The maximum absolute atomic E-state index is 11.5. The highest BCUT2D eigenvalue weighted by molar-refractivity contribution is 5.67. The van der Waals surface area contributed by atoms with Gasteiger partial charge in [0.1, 0.15) is 5.75 Å². The molecule has 1 N–H and O–H groups in total. The van der Waals surface area contributed by atoms with E-state index in [1.807, 2.05) is 0 Å². The lowest BCUT2D eigenvalue weighted by Gasteiger charge is -2.35. The number of carbonyl (C=O) groups is 1. The molecule has 0 aromatic heterocycles. The van der Waals surface area contributed by atoms with Gasteiger partial charge in [-0.25, -0.2) is 4.79 Å². The summed E-state index contributed by atoms with van der Waals surface area (Å²) in [4.78, 5) is 13.3. The van der Waals surface area contributed by atoms with E-state index in [0.29, 0.717) is 12.1 Å². The van der Waals surface area contributed by atoms with Crippen molar-refractivity contribution in [2.75, 3.05) is 27.3 Å². The lowest BCUT2D eigenvalue weighted by molar-refractivity contribution is 0.108. The van der Waals surface area contributed by atoms with Crippen molar-refractivity contribution in [2.45, 2.75) is 44.2 Å². The van der Waals surface area contributed by atoms with Crippen LogP contribution in [0.25, 0.3) is 0 Å². The van der Waals surface area contributed by atoms with Crippen LogP contribution < -0.4 is 10.1 Å². The fourth-order valence-corrected chi connectivity index (χ4v) is 3.69. The zero-order chi connectivity index (χ0) is 16.2. The number of fused-ring (bicyclic) bond motifs is 1. The van der Waals surface area contributed by atoms with Crippen LogP contribution in [0.2, 0.25) is 0 Å². The smallest absolute Gasteiger partial charge is 0.409 e. The molecule has 1 fully saturated rings. The van der Waals surface area contributed by atoms with E-state index in [4.69, 9.17) is 9.47 Å². The number of likely N-dealkylation sites (tertiary alicyclic amines) is 1. The highest BCUT2D eigenvalue weighted by Gasteiger charge is 2.26. The number of nitrogens with zero attached hydrogens (tertiary/aromatic N) is 1. The Kier molecular flexibility index (Phi) is 5.06. The van der Waals surface area contributed by atoms with E-state index in [2.05, 4.69) is 23.5 Å². The Morgan fingerprint density at radius 1 is 1.13 bits per heavy atom. The van der Waals surface area contributed by atoms with Crippen LogP contribution in [-0.4, -0.2) is 50.4 Å². The molecule has 23 heavy (non-hydrogen) atoms. The van der Waals surface area contributed by atoms with Crippen LogP contribution in [0.3, 0.4) is 0 Å². The van der Waals surface area contributed by atoms with Gasteiger partial charge < -0.3 is 19.7 Å². The van der Waals surface area contributed by atoms with Crippen molar-refractivity contribution in [1.29, 1.82) is 0 Å². The summed E-state index contributed by atoms with van der Waals surface area (Å²) in [5.41, 5.74) is 2.85. The number of rotatable bonds is 3. The summed E-state index contributed by atoms with van der Waals surface area (Å²) in [6.07, 6.45) is 5.15. The predicted molar refractivity (Wildman–Crippen MR) is 88.9 cm³/mol. The molecule has 0 unspecified atom stereocenters. The molecule has 0 radical (unpaired) electrons. The first-order valence-electron chi connectivity index (χ1n) is 8.44. The summed E-state index contributed by atoms with van der Waals surface area (Å²) in [5.74, 6) is 0.941. The Labute approximate surface area is 137 Å². The molecule has 0 spiro atoms. The van der Waals surface area contributed by atoms with Crippen molar-refractivity contribution < 1.29 is 14.3 Å². The third-order valence-electron chi connectivity index (χ3n) is 5.04. The predicted octanol–water partition coefficient (Wildman–Crippen LogP) is 2.37. The monoisotopic (exact) mass is 318 g/mol. The lowest BCUT2D eigenvalue weighted by Crippen LogP contribution is -2.49. The molecular formula is C18H26N2O3. The number of nitrogens with one attached hydrogen (secondary N) is 1. The van der Waals surface area contributed by atoms with Gasteiger partial charge in [-0.05, 0) is 55.4 Å². The molecule has 1 atom stereocenters. The van der Waals surface area contributed by atoms with Crippen LogP contribution in [0.1, 0.15) is 30.4 Å². The van der Waals surface area contributed by atoms with E-state index in [-0.39, 0.29) is 6.09 Å². The summed E-state index contributed by atoms with van der Waals surface area (Å²) in [7, 11) is 3.16. The van der Waals surface area contributed by atoms with Gasteiger partial charge in [0, 0.05) is 25.2 Å². The minimum absolute atomic E-state index is 0.206. The SMILES string of the molecule is COC(=O)N1CCC(N[C@@H]2CCc3ccc(OC)cc3C2)CC1. The quantitative estimate of drug-likeness (QED) is 0.929. The first-order chi connectivity index (χ1) is 11.2. The zero-order valence-corrected chi connectivity index (χ0v) is 14.0. The molecule has 0 bridgehead atoms. The molecule has 126 valence electrons. The van der Waals surface area contributed by atoms with E-state index >= 15 is 0 Å². The zero-order valence-electron chi connectivity index (χ0n) is 14.0. The highest BCUT2D eigenvalue weighted by Crippen LogP contribution is 2.26. The number of carbonyl (C=O) groups excluding carboxylic acids is 1. The lowest BCUT2D eigenvalue weighted by atomic mass is 9.87. The van der Waals surface area contributed by atoms with E-state index < -0.39 is 0 Å². The van der Waals surface area contributed by atoms with Gasteiger partial charge in [-0.2, -0.15) is 0 Å². The third kappa shape index (κ3) is 3.78. The van der Waals surface area contributed by atoms with E-state index in [9.17, 15) is 4.79 Å². The first kappa shape index (κ1) is 16.1. The van der Waals surface area contributed by atoms with Crippen molar-refractivity contribution in [3.05, 3.63) is 29.3 Å². The molecule has 1 aliphatic carbocycles. The number of piperidine rings is 1. The number of ether oxygens (including phenoxy) is 2. The molecule has 5 nitrogen and oxygen atoms in total. The summed E-state index contributed by atoms with van der Waals surface area (Å²) < 4.78 is 10.1. The number of hydrogen-bond donors (Lipinski definition) is 1. The van der Waals surface area contributed by atoms with Gasteiger partial charge in [0.15, 0.2) is 0 Å². The molecule has 3 rings (SSSR count). The molecule has 1 aliphatic heterocycles.